The molecule has 7 heteroatoms. The van der Waals surface area contributed by atoms with Gasteiger partial charge in [0.15, 0.2) is 5.78 Å². The number of carbonyl (C=O) groups is 2. The number of ketones is 2. The Morgan fingerprint density at radius 1 is 1.41 bits per heavy atom. The number of hydrogen-bond acceptors (Lipinski definition) is 6. The Balaban J connectivity index is 2.33. The Kier molecular flexibility index (Phi) is 2.92. The Morgan fingerprint density at radius 3 is 2.82 bits per heavy atom. The summed E-state index contributed by atoms with van der Waals surface area (Å²) >= 11 is 0. The number of hydrogen-bond donors (Lipinski definition) is 2. The molecule has 1 atom stereocenters. The Bertz CT molecular complexity index is 921. The van der Waals surface area contributed by atoms with Crippen molar-refractivity contribution in [3.8, 4) is 5.75 Å². The van der Waals surface area contributed by atoms with Crippen LogP contribution < -0.4 is 11.3 Å². The summed E-state index contributed by atoms with van der Waals surface area (Å²) in [6, 6.07) is 0.655. The van der Waals surface area contributed by atoms with Crippen LogP contribution in [0, 0.1) is 6.92 Å². The van der Waals surface area contributed by atoms with E-state index in [0.29, 0.717) is 0 Å². The summed E-state index contributed by atoms with van der Waals surface area (Å²) in [5, 5.41) is 9.62. The van der Waals surface area contributed by atoms with Crippen molar-refractivity contribution in [3.05, 3.63) is 28.3 Å². The lowest BCUT2D eigenvalue weighted by atomic mass is 9.92. The van der Waals surface area contributed by atoms with Crippen molar-refractivity contribution in [2.45, 2.75) is 32.2 Å². The molecule has 7 nitrogen and oxygen atoms in total. The third-order valence-electron chi connectivity index (χ3n) is 3.75. The third kappa shape index (κ3) is 2.14. The molecular weight excluding hydrogens is 286 g/mol. The molecule has 0 aliphatic heterocycles. The average molecular weight is 302 g/mol. The number of nitrogens with zero attached hydrogens (tertiary/aromatic N) is 2. The van der Waals surface area contributed by atoms with Gasteiger partial charge >= 0.3 is 0 Å². The molecule has 114 valence electrons. The fourth-order valence-electron chi connectivity index (χ4n) is 2.76. The van der Waals surface area contributed by atoms with Gasteiger partial charge in [0, 0.05) is 18.6 Å². The van der Waals surface area contributed by atoms with Gasteiger partial charge in [-0.3, -0.25) is 19.0 Å². The van der Waals surface area contributed by atoms with Crippen LogP contribution in [-0.4, -0.2) is 26.2 Å². The van der Waals surface area contributed by atoms with Crippen molar-refractivity contribution < 1.29 is 16.1 Å². The lowest BCUT2D eigenvalue weighted by Crippen LogP contribution is -2.36. The van der Waals surface area contributed by atoms with Crippen molar-refractivity contribution in [1.29, 1.82) is 0 Å². The monoisotopic (exact) mass is 302 g/mol. The van der Waals surface area contributed by atoms with Gasteiger partial charge in [-0.2, -0.15) is 0 Å². The zero-order valence-corrected chi connectivity index (χ0v) is 11.9. The molecule has 3 N–H and O–H groups in total. The quantitative estimate of drug-likeness (QED) is 0.596. The highest BCUT2D eigenvalue weighted by Gasteiger charge is 2.30. The molecule has 1 aliphatic carbocycles. The second-order valence-electron chi connectivity index (χ2n) is 5.31. The minimum absolute atomic E-state index is 0.0224. The number of phenols is 1. The van der Waals surface area contributed by atoms with E-state index < -0.39 is 17.4 Å². The summed E-state index contributed by atoms with van der Waals surface area (Å²) in [5.41, 5.74) is 5.39. The van der Waals surface area contributed by atoms with Crippen LogP contribution in [0.1, 0.15) is 32.5 Å². The highest BCUT2D eigenvalue weighted by atomic mass is 16.3. The topological polar surface area (TPSA) is 115 Å². The van der Waals surface area contributed by atoms with Crippen LogP contribution in [0.3, 0.4) is 0 Å². The molecule has 1 aliphatic rings. The van der Waals surface area contributed by atoms with E-state index >= 15 is 0 Å². The molecule has 3 rings (SSSR count). The van der Waals surface area contributed by atoms with E-state index in [4.69, 9.17) is 7.10 Å². The van der Waals surface area contributed by atoms with Crippen LogP contribution in [0.15, 0.2) is 16.9 Å². The van der Waals surface area contributed by atoms with Crippen LogP contribution in [0.25, 0.3) is 10.9 Å². The molecule has 0 spiro atoms. The van der Waals surface area contributed by atoms with E-state index in [1.165, 1.54) is 19.1 Å². The summed E-state index contributed by atoms with van der Waals surface area (Å²) in [5.74, 6) is -0.830. The van der Waals surface area contributed by atoms with Crippen molar-refractivity contribution in [2.24, 2.45) is 0 Å². The number of aromatic nitrogens is 2. The lowest BCUT2D eigenvalue weighted by molar-refractivity contribution is -0.132. The maximum absolute atomic E-state index is 12.8. The number of benzene rings is 1. The number of anilines is 1. The van der Waals surface area contributed by atoms with E-state index in [1.807, 2.05) is 0 Å². The molecule has 0 amide bonds. The van der Waals surface area contributed by atoms with E-state index in [1.54, 1.807) is 0 Å². The van der Waals surface area contributed by atoms with Gasteiger partial charge in [-0.05, 0) is 13.3 Å². The normalized spacial score (nSPS) is 22.9. The molecule has 0 unspecified atom stereocenters. The SMILES string of the molecule is [2H][C@]1(n2c(C)nc3cc(O)cc(N)c3c2=O)CCC(=O)CC1=O. The molecule has 0 radical (unpaired) electrons. The first-order valence-electron chi connectivity index (χ1n) is 7.31. The van der Waals surface area contributed by atoms with E-state index in [0.717, 1.165) is 4.57 Å². The van der Waals surface area contributed by atoms with E-state index in [9.17, 15) is 19.5 Å². The van der Waals surface area contributed by atoms with Crippen molar-refractivity contribution >= 4 is 28.2 Å². The van der Waals surface area contributed by atoms with Crippen molar-refractivity contribution in [1.82, 2.24) is 9.55 Å². The number of nitrogens with two attached hydrogens (primary N) is 1. The molecule has 1 aromatic carbocycles. The highest BCUT2D eigenvalue weighted by molar-refractivity contribution is 6.03. The maximum atomic E-state index is 12.8. The van der Waals surface area contributed by atoms with Gasteiger partial charge in [-0.1, -0.05) is 0 Å². The molecule has 2 aromatic rings. The van der Waals surface area contributed by atoms with Crippen LogP contribution in [0.5, 0.6) is 5.75 Å². The number of carbonyl (C=O) groups excluding carboxylic acids is 2. The van der Waals surface area contributed by atoms with Gasteiger partial charge < -0.3 is 10.8 Å². The lowest BCUT2D eigenvalue weighted by Gasteiger charge is -2.24. The summed E-state index contributed by atoms with van der Waals surface area (Å²) in [4.78, 5) is 40.7. The zero-order valence-electron chi connectivity index (χ0n) is 12.9. The fourth-order valence-corrected chi connectivity index (χ4v) is 2.76. The van der Waals surface area contributed by atoms with Gasteiger partial charge in [-0.25, -0.2) is 4.98 Å². The fraction of sp³-hybridized carbons (Fsp3) is 0.333. The van der Waals surface area contributed by atoms with Gasteiger partial charge in [0.25, 0.3) is 5.56 Å². The molecule has 0 saturated heterocycles. The van der Waals surface area contributed by atoms with Crippen LogP contribution in [0.4, 0.5) is 5.69 Å². The summed E-state index contributed by atoms with van der Waals surface area (Å²) in [6.45, 7) is 1.50. The Labute approximate surface area is 126 Å². The second kappa shape index (κ2) is 4.94. The first-order chi connectivity index (χ1) is 10.7. The number of aryl methyl sites for hydroxylation is 1. The smallest absolute Gasteiger partial charge is 0.264 e. The first kappa shape index (κ1) is 13.0. The van der Waals surface area contributed by atoms with Crippen molar-refractivity contribution in [3.63, 3.8) is 0 Å². The molecule has 1 heterocycles. The van der Waals surface area contributed by atoms with Crippen LogP contribution in [0.2, 0.25) is 0 Å². The zero-order chi connectivity index (χ0) is 16.9. The van der Waals surface area contributed by atoms with Gasteiger partial charge in [0.1, 0.15) is 17.4 Å². The summed E-state index contributed by atoms with van der Waals surface area (Å²) in [6.07, 6.45) is -0.376. The highest BCUT2D eigenvalue weighted by Crippen LogP contribution is 2.27. The van der Waals surface area contributed by atoms with Gasteiger partial charge in [0.05, 0.1) is 30.4 Å². The maximum Gasteiger partial charge on any atom is 0.264 e. The average Bonchev–Trinajstić information content (AvgIpc) is 2.42. The number of aromatic hydroxyl groups is 1. The molecule has 0 bridgehead atoms. The minimum atomic E-state index is -1.86. The van der Waals surface area contributed by atoms with E-state index in [-0.39, 0.29) is 53.2 Å². The summed E-state index contributed by atoms with van der Waals surface area (Å²) < 4.78 is 9.46. The predicted octanol–water partition coefficient (Wildman–Crippen LogP) is 0.856. The molecule has 1 aromatic heterocycles. The molecule has 1 fully saturated rings. The largest absolute Gasteiger partial charge is 0.508 e. The van der Waals surface area contributed by atoms with E-state index in [2.05, 4.69) is 4.98 Å². The van der Waals surface area contributed by atoms with Crippen LogP contribution in [-0.2, 0) is 9.59 Å². The Hall–Kier alpha value is -2.70. The second-order valence-corrected chi connectivity index (χ2v) is 5.31. The predicted molar refractivity (Wildman–Crippen MR) is 79.7 cm³/mol. The number of nitrogen functional groups attached to an aromatic ring is 1. The summed E-state index contributed by atoms with van der Waals surface area (Å²) in [7, 11) is 0. The number of Topliss-reactive ketones (excluding diaryl/α,β-unsaturated/α-hetero) is 2. The minimum Gasteiger partial charge on any atom is -0.508 e. The van der Waals surface area contributed by atoms with Gasteiger partial charge in [-0.15, -0.1) is 0 Å². The number of phenolic OH excluding ortho intramolecular Hbond substituents is 1. The molecular formula is C15H15N3O4. The van der Waals surface area contributed by atoms with Crippen molar-refractivity contribution in [2.75, 3.05) is 5.73 Å². The third-order valence-corrected chi connectivity index (χ3v) is 3.75. The number of fused-ring (bicyclic) bond motifs is 1. The molecule has 1 saturated carbocycles. The number of rotatable bonds is 1. The standard InChI is InChI=1S/C15H15N3O4/c1-7-17-11-5-9(20)4-10(16)14(11)15(22)18(7)12-3-2-8(19)6-13(12)21/h4-5,12,20H,2-3,6,16H2,1H3/t12-/m0/s1/i12D. The van der Waals surface area contributed by atoms with Crippen LogP contribution >= 0.6 is 0 Å². The first-order valence-corrected chi connectivity index (χ1v) is 6.81. The van der Waals surface area contributed by atoms with Gasteiger partial charge in [0.2, 0.25) is 0 Å². The Morgan fingerprint density at radius 2 is 2.14 bits per heavy atom. The molecule has 22 heavy (non-hydrogen) atoms.